The van der Waals surface area contributed by atoms with Gasteiger partial charge in [-0.05, 0) is 63.3 Å². The molecule has 1 unspecified atom stereocenters. The summed E-state index contributed by atoms with van der Waals surface area (Å²) in [6.07, 6.45) is 3.51. The van der Waals surface area contributed by atoms with E-state index >= 15 is 0 Å². The van der Waals surface area contributed by atoms with Gasteiger partial charge in [-0.1, -0.05) is 19.1 Å². The predicted octanol–water partition coefficient (Wildman–Crippen LogP) is 3.20. The molecule has 0 radical (unpaired) electrons. The molecule has 2 heteroatoms. The van der Waals surface area contributed by atoms with E-state index in [-0.39, 0.29) is 5.54 Å². The Morgan fingerprint density at radius 1 is 1.28 bits per heavy atom. The zero-order valence-electron chi connectivity index (χ0n) is 11.9. The van der Waals surface area contributed by atoms with E-state index in [1.807, 2.05) is 0 Å². The van der Waals surface area contributed by atoms with Gasteiger partial charge in [-0.15, -0.1) is 0 Å². The van der Waals surface area contributed by atoms with E-state index < -0.39 is 0 Å². The Morgan fingerprint density at radius 2 is 1.94 bits per heavy atom. The second-order valence-corrected chi connectivity index (χ2v) is 6.09. The zero-order valence-corrected chi connectivity index (χ0v) is 11.9. The molecule has 1 aliphatic heterocycles. The number of anilines is 1. The summed E-state index contributed by atoms with van der Waals surface area (Å²) in [7, 11) is 0. The van der Waals surface area contributed by atoms with Crippen molar-refractivity contribution in [2.45, 2.75) is 45.6 Å². The topological polar surface area (TPSA) is 29.3 Å². The van der Waals surface area contributed by atoms with Crippen molar-refractivity contribution >= 4 is 5.69 Å². The molecule has 1 aromatic carbocycles. The number of benzene rings is 1. The highest BCUT2D eigenvalue weighted by molar-refractivity contribution is 5.51. The summed E-state index contributed by atoms with van der Waals surface area (Å²) < 4.78 is 0. The zero-order chi connectivity index (χ0) is 13.2. The first-order valence-corrected chi connectivity index (χ1v) is 7.13. The second-order valence-electron chi connectivity index (χ2n) is 6.09. The van der Waals surface area contributed by atoms with E-state index in [0.717, 1.165) is 31.8 Å². The minimum atomic E-state index is 0.258. The third kappa shape index (κ3) is 2.69. The normalized spacial score (nSPS) is 22.4. The van der Waals surface area contributed by atoms with Gasteiger partial charge in [0.2, 0.25) is 0 Å². The minimum Gasteiger partial charge on any atom is -0.366 e. The lowest BCUT2D eigenvalue weighted by molar-refractivity contribution is 0.458. The minimum absolute atomic E-state index is 0.258. The maximum Gasteiger partial charge on any atom is 0.0370 e. The standard InChI is InChI=1S/C16H26N2/c1-4-13-5-7-15(8-6-13)18-12-14(9-10-17)11-16(18,2)3/h5-8,14H,4,9-12,17H2,1-3H3. The van der Waals surface area contributed by atoms with Gasteiger partial charge in [-0.2, -0.15) is 0 Å². The SMILES string of the molecule is CCc1ccc(N2CC(CCN)CC2(C)C)cc1. The summed E-state index contributed by atoms with van der Waals surface area (Å²) in [6, 6.07) is 9.04. The number of hydrogen-bond acceptors (Lipinski definition) is 2. The third-order valence-corrected chi connectivity index (χ3v) is 4.19. The number of aryl methyl sites for hydroxylation is 1. The molecule has 1 aliphatic rings. The number of rotatable bonds is 4. The molecule has 100 valence electrons. The average molecular weight is 246 g/mol. The smallest absolute Gasteiger partial charge is 0.0370 e. The number of nitrogens with two attached hydrogens (primary N) is 1. The summed E-state index contributed by atoms with van der Waals surface area (Å²) in [4.78, 5) is 2.55. The van der Waals surface area contributed by atoms with Gasteiger partial charge in [0.05, 0.1) is 0 Å². The van der Waals surface area contributed by atoms with Crippen LogP contribution in [-0.2, 0) is 6.42 Å². The highest BCUT2D eigenvalue weighted by Gasteiger charge is 2.37. The van der Waals surface area contributed by atoms with Crippen molar-refractivity contribution in [2.75, 3.05) is 18.0 Å². The van der Waals surface area contributed by atoms with Crippen molar-refractivity contribution in [1.29, 1.82) is 0 Å². The Bertz CT molecular complexity index is 381. The summed E-state index contributed by atoms with van der Waals surface area (Å²) in [6.45, 7) is 8.85. The van der Waals surface area contributed by atoms with Gasteiger partial charge in [0.15, 0.2) is 0 Å². The van der Waals surface area contributed by atoms with Crippen LogP contribution in [0, 0.1) is 5.92 Å². The van der Waals surface area contributed by atoms with Crippen LogP contribution in [0.3, 0.4) is 0 Å². The van der Waals surface area contributed by atoms with Gasteiger partial charge in [-0.25, -0.2) is 0 Å². The molecule has 1 aromatic rings. The van der Waals surface area contributed by atoms with Crippen LogP contribution in [0.15, 0.2) is 24.3 Å². The van der Waals surface area contributed by atoms with E-state index in [1.54, 1.807) is 0 Å². The monoisotopic (exact) mass is 246 g/mol. The lowest BCUT2D eigenvalue weighted by Gasteiger charge is -2.33. The van der Waals surface area contributed by atoms with E-state index in [2.05, 4.69) is 49.9 Å². The number of nitrogens with zero attached hydrogens (tertiary/aromatic N) is 1. The molecule has 1 heterocycles. The molecule has 2 N–H and O–H groups in total. The molecule has 18 heavy (non-hydrogen) atoms. The molecule has 0 bridgehead atoms. The fourth-order valence-corrected chi connectivity index (χ4v) is 3.18. The van der Waals surface area contributed by atoms with Crippen LogP contribution in [-0.4, -0.2) is 18.6 Å². The highest BCUT2D eigenvalue weighted by atomic mass is 15.2. The largest absolute Gasteiger partial charge is 0.366 e. The quantitative estimate of drug-likeness (QED) is 0.884. The maximum absolute atomic E-state index is 5.70. The van der Waals surface area contributed by atoms with Gasteiger partial charge in [0.25, 0.3) is 0 Å². The Balaban J connectivity index is 2.15. The van der Waals surface area contributed by atoms with Gasteiger partial charge in [0.1, 0.15) is 0 Å². The highest BCUT2D eigenvalue weighted by Crippen LogP contribution is 2.37. The van der Waals surface area contributed by atoms with Crippen molar-refractivity contribution in [2.24, 2.45) is 11.7 Å². The Kier molecular flexibility index (Phi) is 3.96. The lowest BCUT2D eigenvalue weighted by Crippen LogP contribution is -2.38. The van der Waals surface area contributed by atoms with Gasteiger partial charge < -0.3 is 10.6 Å². The van der Waals surface area contributed by atoms with E-state index in [1.165, 1.54) is 17.7 Å². The predicted molar refractivity (Wildman–Crippen MR) is 79.0 cm³/mol. The van der Waals surface area contributed by atoms with Crippen molar-refractivity contribution in [3.63, 3.8) is 0 Å². The van der Waals surface area contributed by atoms with Crippen molar-refractivity contribution in [3.8, 4) is 0 Å². The summed E-state index contributed by atoms with van der Waals surface area (Å²) in [5.41, 5.74) is 8.73. The van der Waals surface area contributed by atoms with Crippen LogP contribution in [0.1, 0.15) is 39.2 Å². The van der Waals surface area contributed by atoms with Crippen LogP contribution >= 0.6 is 0 Å². The molecular formula is C16H26N2. The molecule has 0 spiro atoms. The van der Waals surface area contributed by atoms with Gasteiger partial charge in [0, 0.05) is 17.8 Å². The summed E-state index contributed by atoms with van der Waals surface area (Å²) >= 11 is 0. The molecule has 1 saturated heterocycles. The fourth-order valence-electron chi connectivity index (χ4n) is 3.18. The molecule has 0 saturated carbocycles. The third-order valence-electron chi connectivity index (χ3n) is 4.19. The van der Waals surface area contributed by atoms with E-state index in [9.17, 15) is 0 Å². The first-order valence-electron chi connectivity index (χ1n) is 7.13. The van der Waals surface area contributed by atoms with Gasteiger partial charge in [-0.3, -0.25) is 0 Å². The number of hydrogen-bond donors (Lipinski definition) is 1. The lowest BCUT2D eigenvalue weighted by atomic mass is 9.94. The molecule has 2 nitrogen and oxygen atoms in total. The molecule has 1 atom stereocenters. The average Bonchev–Trinajstić information content (AvgIpc) is 2.65. The van der Waals surface area contributed by atoms with Crippen LogP contribution < -0.4 is 10.6 Å². The van der Waals surface area contributed by atoms with E-state index in [0.29, 0.717) is 0 Å². The molecule has 0 aromatic heterocycles. The van der Waals surface area contributed by atoms with Crippen molar-refractivity contribution < 1.29 is 0 Å². The van der Waals surface area contributed by atoms with Crippen LogP contribution in [0.2, 0.25) is 0 Å². The van der Waals surface area contributed by atoms with Crippen LogP contribution in [0.4, 0.5) is 5.69 Å². The molecular weight excluding hydrogens is 220 g/mol. The fraction of sp³-hybridized carbons (Fsp3) is 0.625. The second kappa shape index (κ2) is 5.31. The Labute approximate surface area is 111 Å². The van der Waals surface area contributed by atoms with Crippen molar-refractivity contribution in [3.05, 3.63) is 29.8 Å². The first kappa shape index (κ1) is 13.4. The summed E-state index contributed by atoms with van der Waals surface area (Å²) in [5.74, 6) is 0.746. The first-order chi connectivity index (χ1) is 8.56. The molecule has 1 fully saturated rings. The van der Waals surface area contributed by atoms with Gasteiger partial charge >= 0.3 is 0 Å². The Morgan fingerprint density at radius 3 is 2.50 bits per heavy atom. The van der Waals surface area contributed by atoms with E-state index in [4.69, 9.17) is 5.73 Å². The maximum atomic E-state index is 5.70. The molecule has 2 rings (SSSR count). The van der Waals surface area contributed by atoms with Crippen LogP contribution in [0.25, 0.3) is 0 Å². The Hall–Kier alpha value is -1.02. The molecule has 0 aliphatic carbocycles. The summed E-state index contributed by atoms with van der Waals surface area (Å²) in [5, 5.41) is 0. The molecule has 0 amide bonds. The van der Waals surface area contributed by atoms with Crippen molar-refractivity contribution in [1.82, 2.24) is 0 Å². The van der Waals surface area contributed by atoms with Crippen LogP contribution in [0.5, 0.6) is 0 Å².